The van der Waals surface area contributed by atoms with E-state index in [1.807, 2.05) is 47.8 Å². The van der Waals surface area contributed by atoms with Crippen LogP contribution in [-0.4, -0.2) is 84.7 Å². The minimum atomic E-state index is -0.600. The van der Waals surface area contributed by atoms with Gasteiger partial charge in [-0.2, -0.15) is 0 Å². The smallest absolute Gasteiger partial charge is 0.410 e. The standard InChI is InChI=1S/C30H35N5O5S/c36-27(31-13-5-14-34-16-18-39-19-17-34)24-11-9-23(10-12-24)25-21-41-29(32-25)33-28(37)26-8-4-15-35(26)30(38)40-20-22-6-2-1-3-7-22/h1-3,6-7,9-12,21,26H,4-5,8,13-20H2,(H,31,36)(H,32,33,37)/t26-/m0/s1. The van der Waals surface area contributed by atoms with Gasteiger partial charge in [0.05, 0.1) is 18.9 Å². The molecule has 0 spiro atoms. The molecule has 2 N–H and O–H groups in total. The number of benzene rings is 2. The maximum absolute atomic E-state index is 13.0. The molecule has 0 bridgehead atoms. The van der Waals surface area contributed by atoms with Crippen molar-refractivity contribution in [3.8, 4) is 11.3 Å². The lowest BCUT2D eigenvalue weighted by atomic mass is 10.1. The van der Waals surface area contributed by atoms with Crippen LogP contribution < -0.4 is 10.6 Å². The van der Waals surface area contributed by atoms with Gasteiger partial charge in [-0.05, 0) is 43.5 Å². The van der Waals surface area contributed by atoms with E-state index in [-0.39, 0.29) is 18.4 Å². The van der Waals surface area contributed by atoms with Crippen molar-refractivity contribution < 1.29 is 23.9 Å². The first-order chi connectivity index (χ1) is 20.1. The van der Waals surface area contributed by atoms with Gasteiger partial charge in [0.1, 0.15) is 12.6 Å². The fraction of sp³-hybridized carbons (Fsp3) is 0.400. The Bertz CT molecular complexity index is 1310. The number of anilines is 1. The highest BCUT2D eigenvalue weighted by Gasteiger charge is 2.35. The Labute approximate surface area is 243 Å². The van der Waals surface area contributed by atoms with Gasteiger partial charge in [0, 0.05) is 42.7 Å². The normalized spacial score (nSPS) is 17.3. The topological polar surface area (TPSA) is 113 Å². The fourth-order valence-electron chi connectivity index (χ4n) is 4.94. The average molecular weight is 578 g/mol. The number of likely N-dealkylation sites (tertiary alicyclic amines) is 1. The lowest BCUT2D eigenvalue weighted by Gasteiger charge is -2.26. The molecule has 216 valence electrons. The number of carbonyl (C=O) groups excluding carboxylic acids is 3. The van der Waals surface area contributed by atoms with Crippen LogP contribution in [0.25, 0.3) is 11.3 Å². The van der Waals surface area contributed by atoms with E-state index >= 15 is 0 Å². The van der Waals surface area contributed by atoms with E-state index in [4.69, 9.17) is 9.47 Å². The molecule has 3 heterocycles. The van der Waals surface area contributed by atoms with Gasteiger partial charge < -0.3 is 20.1 Å². The van der Waals surface area contributed by atoms with E-state index in [9.17, 15) is 14.4 Å². The Hall–Kier alpha value is -3.80. The molecule has 2 aliphatic heterocycles. The minimum absolute atomic E-state index is 0.104. The predicted octanol–water partition coefficient (Wildman–Crippen LogP) is 4.00. The number of hydrogen-bond donors (Lipinski definition) is 2. The van der Waals surface area contributed by atoms with Gasteiger partial charge in [0.25, 0.3) is 5.91 Å². The number of nitrogens with zero attached hydrogens (tertiary/aromatic N) is 3. The molecule has 1 aromatic heterocycles. The van der Waals surface area contributed by atoms with Crippen LogP contribution in [0.15, 0.2) is 60.0 Å². The van der Waals surface area contributed by atoms with Crippen molar-refractivity contribution in [2.45, 2.75) is 31.9 Å². The monoisotopic (exact) mass is 577 g/mol. The third kappa shape index (κ3) is 7.90. The van der Waals surface area contributed by atoms with Crippen molar-refractivity contribution in [2.24, 2.45) is 0 Å². The van der Waals surface area contributed by atoms with E-state index in [2.05, 4.69) is 20.5 Å². The zero-order valence-electron chi connectivity index (χ0n) is 22.9. The Morgan fingerprint density at radius 3 is 2.59 bits per heavy atom. The van der Waals surface area contributed by atoms with E-state index < -0.39 is 12.1 Å². The van der Waals surface area contributed by atoms with Crippen LogP contribution in [0.2, 0.25) is 0 Å². The molecule has 2 aliphatic rings. The quantitative estimate of drug-likeness (QED) is 0.350. The molecule has 2 fully saturated rings. The molecule has 0 saturated carbocycles. The summed E-state index contributed by atoms with van der Waals surface area (Å²) in [5, 5.41) is 8.16. The molecule has 1 atom stereocenters. The maximum Gasteiger partial charge on any atom is 0.410 e. The summed E-state index contributed by atoms with van der Waals surface area (Å²) in [5.74, 6) is -0.381. The third-order valence-corrected chi connectivity index (χ3v) is 7.97. The average Bonchev–Trinajstić information content (AvgIpc) is 3.70. The highest BCUT2D eigenvalue weighted by molar-refractivity contribution is 7.14. The third-order valence-electron chi connectivity index (χ3n) is 7.21. The van der Waals surface area contributed by atoms with Crippen LogP contribution in [0.3, 0.4) is 0 Å². The number of rotatable bonds is 10. The van der Waals surface area contributed by atoms with Crippen molar-refractivity contribution in [2.75, 3.05) is 51.3 Å². The molecule has 3 aromatic rings. The van der Waals surface area contributed by atoms with Crippen LogP contribution in [0.5, 0.6) is 0 Å². The molecule has 11 heteroatoms. The molecular weight excluding hydrogens is 542 g/mol. The van der Waals surface area contributed by atoms with Crippen molar-refractivity contribution in [3.05, 3.63) is 71.1 Å². The van der Waals surface area contributed by atoms with Gasteiger partial charge in [-0.25, -0.2) is 9.78 Å². The van der Waals surface area contributed by atoms with Crippen molar-refractivity contribution in [3.63, 3.8) is 0 Å². The number of nitrogens with one attached hydrogen (secondary N) is 2. The zero-order valence-corrected chi connectivity index (χ0v) is 23.7. The number of amides is 3. The second-order valence-electron chi connectivity index (χ2n) is 10.1. The molecule has 10 nitrogen and oxygen atoms in total. The summed E-state index contributed by atoms with van der Waals surface area (Å²) >= 11 is 1.32. The molecule has 3 amide bonds. The molecule has 0 unspecified atom stereocenters. The van der Waals surface area contributed by atoms with E-state index in [1.54, 1.807) is 12.1 Å². The number of thiazole rings is 1. The van der Waals surface area contributed by atoms with Gasteiger partial charge in [-0.1, -0.05) is 42.5 Å². The number of morpholine rings is 1. The minimum Gasteiger partial charge on any atom is -0.445 e. The predicted molar refractivity (Wildman–Crippen MR) is 157 cm³/mol. The molecule has 0 aliphatic carbocycles. The van der Waals surface area contributed by atoms with Gasteiger partial charge in [-0.15, -0.1) is 11.3 Å². The molecule has 5 rings (SSSR count). The summed E-state index contributed by atoms with van der Waals surface area (Å²) in [6.45, 7) is 5.64. The maximum atomic E-state index is 13.0. The molecule has 2 aromatic carbocycles. The number of aromatic nitrogens is 1. The van der Waals surface area contributed by atoms with E-state index in [0.29, 0.717) is 35.9 Å². The van der Waals surface area contributed by atoms with Gasteiger partial charge in [-0.3, -0.25) is 19.4 Å². The summed E-state index contributed by atoms with van der Waals surface area (Å²) < 4.78 is 10.8. The van der Waals surface area contributed by atoms with Crippen LogP contribution >= 0.6 is 11.3 Å². The first-order valence-corrected chi connectivity index (χ1v) is 14.9. The van der Waals surface area contributed by atoms with Crippen molar-refractivity contribution in [1.29, 1.82) is 0 Å². The Kier molecular flexibility index (Phi) is 9.95. The molecular formula is C30H35N5O5S. The summed E-state index contributed by atoms with van der Waals surface area (Å²) in [6, 6.07) is 16.1. The Balaban J connectivity index is 1.09. The van der Waals surface area contributed by atoms with Gasteiger partial charge >= 0.3 is 6.09 Å². The fourth-order valence-corrected chi connectivity index (χ4v) is 5.66. The molecule has 0 radical (unpaired) electrons. The SMILES string of the molecule is O=C(NCCCN1CCOCC1)c1ccc(-c2csc(NC(=O)[C@@H]3CCCN3C(=O)OCc3ccccc3)n2)cc1. The molecule has 41 heavy (non-hydrogen) atoms. The summed E-state index contributed by atoms with van der Waals surface area (Å²) in [6.07, 6.45) is 1.70. The van der Waals surface area contributed by atoms with Crippen LogP contribution in [0.1, 0.15) is 35.2 Å². The lowest BCUT2D eigenvalue weighted by molar-refractivity contribution is -0.120. The first kappa shape index (κ1) is 28.7. The highest BCUT2D eigenvalue weighted by Crippen LogP contribution is 2.27. The Morgan fingerprint density at radius 1 is 1.02 bits per heavy atom. The Morgan fingerprint density at radius 2 is 1.80 bits per heavy atom. The number of ether oxygens (including phenoxy) is 2. The van der Waals surface area contributed by atoms with E-state index in [1.165, 1.54) is 16.2 Å². The summed E-state index contributed by atoms with van der Waals surface area (Å²) in [7, 11) is 0. The van der Waals surface area contributed by atoms with Gasteiger partial charge in [0.15, 0.2) is 5.13 Å². The summed E-state index contributed by atoms with van der Waals surface area (Å²) in [4.78, 5) is 46.6. The second kappa shape index (κ2) is 14.2. The molecule has 2 saturated heterocycles. The lowest BCUT2D eigenvalue weighted by Crippen LogP contribution is -2.43. The number of carbonyl (C=O) groups is 3. The zero-order chi connectivity index (χ0) is 28.4. The number of hydrogen-bond acceptors (Lipinski definition) is 8. The van der Waals surface area contributed by atoms with Crippen molar-refractivity contribution >= 4 is 34.4 Å². The second-order valence-corrected chi connectivity index (χ2v) is 10.9. The van der Waals surface area contributed by atoms with E-state index in [0.717, 1.165) is 56.8 Å². The van der Waals surface area contributed by atoms with Gasteiger partial charge in [0.2, 0.25) is 5.91 Å². The van der Waals surface area contributed by atoms with Crippen molar-refractivity contribution in [1.82, 2.24) is 20.1 Å². The largest absolute Gasteiger partial charge is 0.445 e. The highest BCUT2D eigenvalue weighted by atomic mass is 32.1. The van der Waals surface area contributed by atoms with Crippen LogP contribution in [0, 0.1) is 0 Å². The first-order valence-electron chi connectivity index (χ1n) is 14.0. The van der Waals surface area contributed by atoms with Crippen LogP contribution in [0.4, 0.5) is 9.93 Å². The van der Waals surface area contributed by atoms with Crippen LogP contribution in [-0.2, 0) is 20.9 Å². The summed E-state index contributed by atoms with van der Waals surface area (Å²) in [5.41, 5.74) is 3.03.